The number of alkyl halides is 6. The van der Waals surface area contributed by atoms with Crippen molar-refractivity contribution < 1.29 is 78.4 Å². The van der Waals surface area contributed by atoms with Gasteiger partial charge in [0.2, 0.25) is 5.88 Å². The highest BCUT2D eigenvalue weighted by Crippen LogP contribution is 2.50. The summed E-state index contributed by atoms with van der Waals surface area (Å²) < 4.78 is 110. The van der Waals surface area contributed by atoms with Gasteiger partial charge in [0.1, 0.15) is 16.4 Å². The second-order valence-electron chi connectivity index (χ2n) is 15.4. The molecule has 4 aliphatic rings. The third kappa shape index (κ3) is 10.5. The number of methoxy groups -OCH3 is 2. The zero-order chi connectivity index (χ0) is 48.8. The number of fused-ring (bicyclic) bond motifs is 1. The number of urea groups is 1. The van der Waals surface area contributed by atoms with Crippen molar-refractivity contribution in [2.75, 3.05) is 64.4 Å². The predicted octanol–water partition coefficient (Wildman–Crippen LogP) is 4.47. The Labute approximate surface area is 374 Å². The number of halogens is 6. The van der Waals surface area contributed by atoms with E-state index in [1.807, 2.05) is 0 Å². The fourth-order valence-electron chi connectivity index (χ4n) is 8.15. The standard InChI is InChI=1S/C37H43N7O7S.2C2HF3O2/c1-4-51-33-28(6-5-15-40-33)37(41-35(46)42-18-13-36(14-19-42)23-43(24-36)26-11-16-39-17-12-26)29-20-25(22-38)7-9-30(29)44(34(37)45)52(47,48)32-10-8-27(49-2)21-31(32)50-3;2*3-2(4,5)1(6)7/h5-10,15,20-21,26,39H,4,11-14,16-19,23-24H2,1-3H3,(H,41,46);2*(H,6,7). The maximum absolute atomic E-state index is 15.2. The van der Waals surface area contributed by atoms with E-state index >= 15 is 4.79 Å². The van der Waals surface area contributed by atoms with Crippen LogP contribution in [0.1, 0.15) is 49.3 Å². The molecule has 358 valence electrons. The fraction of sp³-hybridized carbons (Fsp3) is 0.463. The number of carbonyl (C=O) groups is 4. The van der Waals surface area contributed by atoms with Gasteiger partial charge in [0.05, 0.1) is 43.7 Å². The van der Waals surface area contributed by atoms with Gasteiger partial charge in [0, 0.05) is 50.0 Å². The Balaban J connectivity index is 0.000000507. The van der Waals surface area contributed by atoms with Crippen molar-refractivity contribution in [2.24, 2.45) is 5.41 Å². The molecule has 3 fully saturated rings. The van der Waals surface area contributed by atoms with Crippen LogP contribution in [0.2, 0.25) is 0 Å². The van der Waals surface area contributed by atoms with Gasteiger partial charge in [-0.25, -0.2) is 27.8 Å². The highest BCUT2D eigenvalue weighted by molar-refractivity contribution is 7.93. The van der Waals surface area contributed by atoms with Gasteiger partial charge >= 0.3 is 30.3 Å². The van der Waals surface area contributed by atoms with E-state index in [1.54, 1.807) is 24.0 Å². The van der Waals surface area contributed by atoms with Crippen molar-refractivity contribution in [2.45, 2.75) is 61.4 Å². The van der Waals surface area contributed by atoms with Gasteiger partial charge in [-0.05, 0) is 93.6 Å². The number of nitrogens with zero attached hydrogens (tertiary/aromatic N) is 5. The normalized spacial score (nSPS) is 19.4. The van der Waals surface area contributed by atoms with Gasteiger partial charge in [-0.15, -0.1) is 0 Å². The summed E-state index contributed by atoms with van der Waals surface area (Å²) in [6.45, 7) is 6.97. The van der Waals surface area contributed by atoms with Crippen molar-refractivity contribution in [1.29, 1.82) is 5.26 Å². The molecule has 18 nitrogen and oxygen atoms in total. The monoisotopic (exact) mass is 957 g/mol. The maximum atomic E-state index is 15.2. The molecule has 0 aliphatic carbocycles. The minimum absolute atomic E-state index is 0.0291. The first-order valence-corrected chi connectivity index (χ1v) is 21.5. The molecule has 0 saturated carbocycles. The Morgan fingerprint density at radius 1 is 0.939 bits per heavy atom. The minimum Gasteiger partial charge on any atom is -0.497 e. The molecule has 1 aromatic heterocycles. The molecule has 66 heavy (non-hydrogen) atoms. The summed E-state index contributed by atoms with van der Waals surface area (Å²) in [5.41, 5.74) is -1.63. The quantitative estimate of drug-likeness (QED) is 0.216. The molecule has 0 radical (unpaired) electrons. The molecule has 7 rings (SSSR count). The number of aromatic nitrogens is 1. The van der Waals surface area contributed by atoms with Crippen LogP contribution in [0, 0.1) is 16.7 Å². The number of amides is 3. The number of aliphatic carboxylic acids is 2. The number of sulfonamides is 1. The first-order chi connectivity index (χ1) is 31.0. The Kier molecular flexibility index (Phi) is 15.3. The lowest BCUT2D eigenvalue weighted by Crippen LogP contribution is -2.65. The average Bonchev–Trinajstić information content (AvgIpc) is 3.52. The lowest BCUT2D eigenvalue weighted by Gasteiger charge is -2.57. The minimum atomic E-state index is -5.08. The van der Waals surface area contributed by atoms with E-state index in [4.69, 9.17) is 34.0 Å². The number of ether oxygens (including phenoxy) is 3. The summed E-state index contributed by atoms with van der Waals surface area (Å²) in [6, 6.07) is 13.7. The predicted molar refractivity (Wildman–Crippen MR) is 218 cm³/mol. The fourth-order valence-corrected chi connectivity index (χ4v) is 9.75. The number of hydrogen-bond donors (Lipinski definition) is 4. The Morgan fingerprint density at radius 3 is 2.08 bits per heavy atom. The topological polar surface area (TPSA) is 241 Å². The lowest BCUT2D eigenvalue weighted by atomic mass is 9.71. The molecule has 5 heterocycles. The number of rotatable bonds is 9. The molecular weight excluding hydrogens is 913 g/mol. The zero-order valence-corrected chi connectivity index (χ0v) is 36.3. The molecule has 3 amide bonds. The van der Waals surface area contributed by atoms with Crippen LogP contribution in [0.15, 0.2) is 59.6 Å². The molecule has 4 N–H and O–H groups in total. The molecule has 2 aromatic carbocycles. The lowest BCUT2D eigenvalue weighted by molar-refractivity contribution is -0.193. The van der Waals surface area contributed by atoms with E-state index in [0.29, 0.717) is 29.2 Å². The number of nitrogens with one attached hydrogen (secondary N) is 2. The number of carboxylic acids is 2. The van der Waals surface area contributed by atoms with Gasteiger partial charge in [-0.3, -0.25) is 9.69 Å². The molecular formula is C41H45F6N7O11S. The van der Waals surface area contributed by atoms with Crippen molar-refractivity contribution in [3.63, 3.8) is 0 Å². The molecule has 1 unspecified atom stereocenters. The van der Waals surface area contributed by atoms with Crippen LogP contribution in [0.5, 0.6) is 17.4 Å². The van der Waals surface area contributed by atoms with Gasteiger partial charge in [-0.2, -0.15) is 35.9 Å². The van der Waals surface area contributed by atoms with E-state index in [1.165, 1.54) is 56.8 Å². The van der Waals surface area contributed by atoms with Crippen LogP contribution < -0.4 is 29.1 Å². The summed E-state index contributed by atoms with van der Waals surface area (Å²) in [5, 5.41) is 30.6. The van der Waals surface area contributed by atoms with Gasteiger partial charge in [-0.1, -0.05) is 0 Å². The number of piperidine rings is 2. The van der Waals surface area contributed by atoms with E-state index in [-0.39, 0.29) is 50.9 Å². The molecule has 0 bridgehead atoms. The van der Waals surface area contributed by atoms with Gasteiger partial charge in [0.25, 0.3) is 15.9 Å². The highest BCUT2D eigenvalue weighted by Gasteiger charge is 2.60. The van der Waals surface area contributed by atoms with E-state index in [0.717, 1.165) is 51.9 Å². The molecule has 3 saturated heterocycles. The number of nitriles is 1. The van der Waals surface area contributed by atoms with Crippen molar-refractivity contribution >= 4 is 39.6 Å². The van der Waals surface area contributed by atoms with Crippen LogP contribution in [0.3, 0.4) is 0 Å². The van der Waals surface area contributed by atoms with Crippen LogP contribution in [0.4, 0.5) is 36.8 Å². The Bertz CT molecular complexity index is 2420. The second kappa shape index (κ2) is 20.0. The second-order valence-corrected chi connectivity index (χ2v) is 17.1. The first kappa shape index (κ1) is 50.6. The summed E-state index contributed by atoms with van der Waals surface area (Å²) in [4.78, 5) is 55.8. The third-order valence-corrected chi connectivity index (χ3v) is 13.1. The highest BCUT2D eigenvalue weighted by atomic mass is 32.2. The van der Waals surface area contributed by atoms with E-state index in [2.05, 4.69) is 26.6 Å². The van der Waals surface area contributed by atoms with Crippen molar-refractivity contribution in [1.82, 2.24) is 25.4 Å². The van der Waals surface area contributed by atoms with Crippen molar-refractivity contribution in [3.8, 4) is 23.4 Å². The number of benzene rings is 2. The summed E-state index contributed by atoms with van der Waals surface area (Å²) >= 11 is 0. The number of pyridine rings is 1. The van der Waals surface area contributed by atoms with E-state index < -0.39 is 51.8 Å². The first-order valence-electron chi connectivity index (χ1n) is 20.1. The summed E-state index contributed by atoms with van der Waals surface area (Å²) in [7, 11) is -1.94. The molecule has 1 atom stereocenters. The largest absolute Gasteiger partial charge is 0.497 e. The number of likely N-dealkylation sites (tertiary alicyclic amines) is 2. The van der Waals surface area contributed by atoms with Crippen LogP contribution >= 0.6 is 0 Å². The van der Waals surface area contributed by atoms with Crippen LogP contribution in [-0.4, -0.2) is 136 Å². The number of hydrogen-bond acceptors (Lipinski definition) is 13. The molecule has 4 aliphatic heterocycles. The van der Waals surface area contributed by atoms with E-state index in [9.17, 15) is 44.8 Å². The Morgan fingerprint density at radius 2 is 1.55 bits per heavy atom. The van der Waals surface area contributed by atoms with Crippen LogP contribution in [-0.2, 0) is 29.9 Å². The number of carboxylic acid groups (broad SMARTS) is 2. The third-order valence-electron chi connectivity index (χ3n) is 11.4. The maximum Gasteiger partial charge on any atom is 0.490 e. The van der Waals surface area contributed by atoms with Gasteiger partial charge in [0.15, 0.2) is 5.54 Å². The number of carbonyl (C=O) groups excluding carboxylic acids is 2. The number of anilines is 1. The summed E-state index contributed by atoms with van der Waals surface area (Å²) in [5.74, 6) is -6.15. The Hall–Kier alpha value is -6.39. The SMILES string of the molecule is CCOc1ncccc1C1(NC(=O)N2CCC3(CC2)CN(C2CCNCC2)C3)C(=O)N(S(=O)(=O)c2ccc(OC)cc2OC)c2ccc(C#N)cc21.O=C(O)C(F)(F)F.O=C(O)C(F)(F)F. The average molecular weight is 958 g/mol. The molecule has 1 spiro atoms. The van der Waals surface area contributed by atoms with Crippen molar-refractivity contribution in [3.05, 3.63) is 71.4 Å². The van der Waals surface area contributed by atoms with Crippen LogP contribution in [0.25, 0.3) is 0 Å². The smallest absolute Gasteiger partial charge is 0.490 e. The molecule has 3 aromatic rings. The molecule has 25 heteroatoms. The zero-order valence-electron chi connectivity index (χ0n) is 35.5. The van der Waals surface area contributed by atoms with Gasteiger partial charge < -0.3 is 40.0 Å². The summed E-state index contributed by atoms with van der Waals surface area (Å²) in [6.07, 6.45) is -4.76.